The van der Waals surface area contributed by atoms with Crippen molar-refractivity contribution in [3.8, 4) is 33.6 Å². The van der Waals surface area contributed by atoms with Crippen LogP contribution >= 0.6 is 0 Å². The summed E-state index contributed by atoms with van der Waals surface area (Å²) in [5, 5.41) is 5.88. The number of nitrogens with one attached hydrogen (secondary N) is 4. The van der Waals surface area contributed by atoms with Crippen molar-refractivity contribution in [2.45, 2.75) is 70.5 Å². The Morgan fingerprint density at radius 1 is 0.836 bits per heavy atom. The molecule has 3 unspecified atom stereocenters. The van der Waals surface area contributed by atoms with Crippen LogP contribution in [0.1, 0.15) is 75.1 Å². The molecule has 0 radical (unpaired) electrons. The first-order valence-corrected chi connectivity index (χ1v) is 19.4. The van der Waals surface area contributed by atoms with Crippen LogP contribution in [0.3, 0.4) is 0 Å². The van der Waals surface area contributed by atoms with Gasteiger partial charge in [-0.1, -0.05) is 68.4 Å². The minimum Gasteiger partial charge on any atom is -0.453 e. The molecule has 2 aliphatic carbocycles. The third-order valence-electron chi connectivity index (χ3n) is 11.9. The number of fused-ring (bicyclic) bond motifs is 2. The summed E-state index contributed by atoms with van der Waals surface area (Å²) in [5.41, 5.74) is 7.06. The molecule has 3 amide bonds. The molecule has 8 rings (SSSR count). The molecule has 4 N–H and O–H groups in total. The van der Waals surface area contributed by atoms with Crippen LogP contribution in [0.25, 0.3) is 33.6 Å². The lowest BCUT2D eigenvalue weighted by molar-refractivity contribution is -0.135. The van der Waals surface area contributed by atoms with Gasteiger partial charge in [0.25, 0.3) is 0 Å². The summed E-state index contributed by atoms with van der Waals surface area (Å²) in [6.07, 6.45) is 11.6. The Morgan fingerprint density at radius 3 is 2.11 bits per heavy atom. The lowest BCUT2D eigenvalue weighted by atomic mass is 9.78. The maximum atomic E-state index is 13.5. The van der Waals surface area contributed by atoms with Crippen molar-refractivity contribution >= 4 is 17.9 Å². The molecular weight excluding hydrogens is 693 g/mol. The normalized spacial score (nSPS) is 22.2. The summed E-state index contributed by atoms with van der Waals surface area (Å²) in [6, 6.07) is 19.8. The fourth-order valence-electron chi connectivity index (χ4n) is 9.05. The predicted molar refractivity (Wildman–Crippen MR) is 208 cm³/mol. The van der Waals surface area contributed by atoms with Crippen LogP contribution in [-0.4, -0.2) is 67.4 Å². The van der Waals surface area contributed by atoms with Gasteiger partial charge in [-0.05, 0) is 83.7 Å². The van der Waals surface area contributed by atoms with Gasteiger partial charge in [-0.25, -0.2) is 14.8 Å². The average molecular weight is 741 g/mol. The largest absolute Gasteiger partial charge is 0.453 e. The van der Waals surface area contributed by atoms with Crippen molar-refractivity contribution in [2.24, 2.45) is 23.7 Å². The van der Waals surface area contributed by atoms with E-state index in [-0.39, 0.29) is 35.6 Å². The maximum absolute atomic E-state index is 13.5. The van der Waals surface area contributed by atoms with Crippen LogP contribution in [0.2, 0.25) is 0 Å². The number of benzene rings is 2. The number of imidazole rings is 2. The van der Waals surface area contributed by atoms with E-state index in [4.69, 9.17) is 9.72 Å². The number of amides is 3. The Hall–Kier alpha value is -5.78. The standard InChI is InChI=1S/C43H48N8O4/c1-25(2)38(50-43(54)55-3)42(53)51-19-5-7-35(51)39-45-23-33(48-39)29-12-8-27(9-13-29)28-10-14-30(15-11-28)34-24-46-40(49-34)36-31-16-17-32(20-31)37(36)41(52)47-22-26-6-4-18-44-21-26/h4,6,8-15,18,21,23-25,31-32,35-38H,5,7,16-17,19-20,22H2,1-3H3,(H,45,48)(H,46,49)(H,47,52)(H,50,54)/t31?,32?,35-,36+,37?,38-/m0/s1. The Labute approximate surface area is 320 Å². The van der Waals surface area contributed by atoms with Crippen molar-refractivity contribution in [1.82, 2.24) is 40.5 Å². The van der Waals surface area contributed by atoms with Gasteiger partial charge in [-0.15, -0.1) is 0 Å². The average Bonchev–Trinajstić information content (AvgIpc) is 4.07. The lowest BCUT2D eigenvalue weighted by Crippen LogP contribution is -2.51. The second-order valence-corrected chi connectivity index (χ2v) is 15.5. The molecule has 2 bridgehead atoms. The highest BCUT2D eigenvalue weighted by Gasteiger charge is 2.52. The Kier molecular flexibility index (Phi) is 10.2. The molecule has 5 aromatic rings. The van der Waals surface area contributed by atoms with Crippen molar-refractivity contribution in [1.29, 1.82) is 0 Å². The van der Waals surface area contributed by atoms with E-state index >= 15 is 0 Å². The highest BCUT2D eigenvalue weighted by molar-refractivity contribution is 5.86. The number of aromatic nitrogens is 5. The number of hydrogen-bond acceptors (Lipinski definition) is 7. The van der Waals surface area contributed by atoms with E-state index in [1.807, 2.05) is 43.3 Å². The summed E-state index contributed by atoms with van der Waals surface area (Å²) >= 11 is 0. The molecule has 12 nitrogen and oxygen atoms in total. The minimum absolute atomic E-state index is 0.0750. The van der Waals surface area contributed by atoms with E-state index in [1.54, 1.807) is 12.4 Å². The minimum atomic E-state index is -0.676. The summed E-state index contributed by atoms with van der Waals surface area (Å²) < 4.78 is 4.76. The highest BCUT2D eigenvalue weighted by Crippen LogP contribution is 2.56. The molecule has 6 atom stereocenters. The Balaban J connectivity index is 0.918. The number of carbonyl (C=O) groups excluding carboxylic acids is 3. The third-order valence-corrected chi connectivity index (χ3v) is 11.9. The lowest BCUT2D eigenvalue weighted by Gasteiger charge is -2.30. The number of likely N-dealkylation sites (tertiary alicyclic amines) is 1. The first kappa shape index (κ1) is 36.2. The predicted octanol–water partition coefficient (Wildman–Crippen LogP) is 7.02. The summed E-state index contributed by atoms with van der Waals surface area (Å²) in [4.78, 5) is 61.6. The number of nitrogens with zero attached hydrogens (tertiary/aromatic N) is 4. The van der Waals surface area contributed by atoms with E-state index < -0.39 is 12.1 Å². The number of H-pyrrole nitrogens is 2. The van der Waals surface area contributed by atoms with E-state index in [2.05, 4.69) is 79.1 Å². The van der Waals surface area contributed by atoms with Crippen LogP contribution in [-0.2, 0) is 20.9 Å². The van der Waals surface area contributed by atoms with Crippen LogP contribution in [0.5, 0.6) is 0 Å². The molecule has 0 spiro atoms. The van der Waals surface area contributed by atoms with Gasteiger partial charge in [0.2, 0.25) is 11.8 Å². The molecule has 2 saturated carbocycles. The van der Waals surface area contributed by atoms with Crippen LogP contribution in [0, 0.1) is 23.7 Å². The number of aromatic amines is 2. The zero-order valence-electron chi connectivity index (χ0n) is 31.5. The van der Waals surface area contributed by atoms with Gasteiger partial charge in [-0.2, -0.15) is 0 Å². The van der Waals surface area contributed by atoms with Gasteiger partial charge < -0.3 is 30.2 Å². The smallest absolute Gasteiger partial charge is 0.407 e. The number of carbonyl (C=O) groups is 3. The molecule has 1 aliphatic heterocycles. The zero-order chi connectivity index (χ0) is 38.1. The quantitative estimate of drug-likeness (QED) is 0.113. The number of ether oxygens (including phenoxy) is 1. The summed E-state index contributed by atoms with van der Waals surface area (Å²) in [5.74, 6) is 2.42. The number of methoxy groups -OCH3 is 1. The molecule has 1 saturated heterocycles. The topological polar surface area (TPSA) is 158 Å². The van der Waals surface area contributed by atoms with Crippen LogP contribution < -0.4 is 10.6 Å². The fraction of sp³-hybridized carbons (Fsp3) is 0.395. The van der Waals surface area contributed by atoms with E-state index in [0.717, 1.165) is 83.0 Å². The van der Waals surface area contributed by atoms with Crippen molar-refractivity contribution in [2.75, 3.05) is 13.7 Å². The molecule has 3 fully saturated rings. The van der Waals surface area contributed by atoms with Gasteiger partial charge in [0.15, 0.2) is 0 Å². The van der Waals surface area contributed by atoms with Crippen molar-refractivity contribution < 1.29 is 19.1 Å². The monoisotopic (exact) mass is 740 g/mol. The van der Waals surface area contributed by atoms with Gasteiger partial charge in [0.05, 0.1) is 42.9 Å². The van der Waals surface area contributed by atoms with Crippen LogP contribution in [0.15, 0.2) is 85.5 Å². The summed E-state index contributed by atoms with van der Waals surface area (Å²) in [6.45, 7) is 4.91. The molecule has 284 valence electrons. The van der Waals surface area contributed by atoms with Gasteiger partial charge >= 0.3 is 6.09 Å². The first-order valence-electron chi connectivity index (χ1n) is 19.4. The number of rotatable bonds is 11. The second kappa shape index (κ2) is 15.5. The van der Waals surface area contributed by atoms with Gasteiger partial charge in [0, 0.05) is 31.4 Å². The molecule has 12 heteroatoms. The van der Waals surface area contributed by atoms with E-state index in [0.29, 0.717) is 24.9 Å². The highest BCUT2D eigenvalue weighted by atomic mass is 16.5. The summed E-state index contributed by atoms with van der Waals surface area (Å²) in [7, 11) is 1.30. The van der Waals surface area contributed by atoms with E-state index in [9.17, 15) is 14.4 Å². The first-order chi connectivity index (χ1) is 26.8. The van der Waals surface area contributed by atoms with Crippen molar-refractivity contribution in [3.05, 3.63) is 103 Å². The maximum Gasteiger partial charge on any atom is 0.407 e. The van der Waals surface area contributed by atoms with Crippen LogP contribution in [0.4, 0.5) is 4.79 Å². The van der Waals surface area contributed by atoms with E-state index in [1.165, 1.54) is 7.11 Å². The zero-order valence-corrected chi connectivity index (χ0v) is 31.5. The Bertz CT molecular complexity index is 2130. The molecule has 3 aliphatic rings. The molecule has 55 heavy (non-hydrogen) atoms. The third kappa shape index (κ3) is 7.37. The number of hydrogen-bond donors (Lipinski definition) is 4. The van der Waals surface area contributed by atoms with Gasteiger partial charge in [-0.3, -0.25) is 14.6 Å². The Morgan fingerprint density at radius 2 is 1.47 bits per heavy atom. The molecule has 4 heterocycles. The number of alkyl carbamates (subject to hydrolysis) is 1. The fourth-order valence-corrected chi connectivity index (χ4v) is 9.05. The molecule has 2 aromatic carbocycles. The second-order valence-electron chi connectivity index (χ2n) is 15.5. The molecule has 3 aromatic heterocycles. The SMILES string of the molecule is COC(=O)N[C@H](C(=O)N1CCC[C@H]1c1ncc(-c2ccc(-c3ccc(-c4cnc([C@@H]5C6CCC(C6)C5C(=O)NCc5cccnc5)[nH]4)cc3)cc2)[nH]1)C(C)C. The van der Waals surface area contributed by atoms with Gasteiger partial charge in [0.1, 0.15) is 17.7 Å². The molecular formula is C43H48N8O4. The van der Waals surface area contributed by atoms with Crippen molar-refractivity contribution in [3.63, 3.8) is 0 Å². The number of pyridine rings is 1.